The second-order valence-corrected chi connectivity index (χ2v) is 6.36. The van der Waals surface area contributed by atoms with E-state index >= 15 is 0 Å². The molecule has 1 aliphatic heterocycles. The number of pyridine rings is 2. The Hall–Kier alpha value is -2.80. The van der Waals surface area contributed by atoms with Gasteiger partial charge in [-0.2, -0.15) is 0 Å². The Morgan fingerprint density at radius 2 is 2.24 bits per heavy atom. The fourth-order valence-corrected chi connectivity index (χ4v) is 3.19. The summed E-state index contributed by atoms with van der Waals surface area (Å²) >= 11 is 0. The quantitative estimate of drug-likeness (QED) is 0.788. The van der Waals surface area contributed by atoms with Gasteiger partial charge in [0.05, 0.1) is 24.5 Å². The van der Waals surface area contributed by atoms with Gasteiger partial charge in [0, 0.05) is 23.2 Å². The number of hydrogen-bond donors (Lipinski definition) is 1. The van der Waals surface area contributed by atoms with Crippen molar-refractivity contribution in [2.24, 2.45) is 0 Å². The van der Waals surface area contributed by atoms with Crippen molar-refractivity contribution in [3.63, 3.8) is 0 Å². The predicted molar refractivity (Wildman–Crippen MR) is 93.9 cm³/mol. The number of oxazole rings is 1. The van der Waals surface area contributed by atoms with Crippen LogP contribution in [0.15, 0.2) is 41.5 Å². The molecule has 1 N–H and O–H groups in total. The lowest BCUT2D eigenvalue weighted by Crippen LogP contribution is -2.35. The normalized spacial score (nSPS) is 17.9. The highest BCUT2D eigenvalue weighted by atomic mass is 16.3. The van der Waals surface area contributed by atoms with E-state index in [9.17, 15) is 4.79 Å². The highest BCUT2D eigenvalue weighted by Gasteiger charge is 2.22. The molecule has 1 amide bonds. The van der Waals surface area contributed by atoms with Gasteiger partial charge in [0.1, 0.15) is 5.82 Å². The molecule has 25 heavy (non-hydrogen) atoms. The molecule has 0 aromatic carbocycles. The van der Waals surface area contributed by atoms with Crippen LogP contribution in [0.1, 0.15) is 19.8 Å². The van der Waals surface area contributed by atoms with Crippen LogP contribution in [0.25, 0.3) is 22.2 Å². The van der Waals surface area contributed by atoms with E-state index in [-0.39, 0.29) is 5.91 Å². The maximum absolute atomic E-state index is 12.3. The minimum atomic E-state index is -0.0417. The van der Waals surface area contributed by atoms with Crippen LogP contribution in [0.5, 0.6) is 0 Å². The van der Waals surface area contributed by atoms with Gasteiger partial charge in [-0.25, -0.2) is 9.97 Å². The molecule has 0 radical (unpaired) electrons. The second-order valence-electron chi connectivity index (χ2n) is 6.36. The van der Waals surface area contributed by atoms with Gasteiger partial charge in [0.25, 0.3) is 0 Å². The lowest BCUT2D eigenvalue weighted by atomic mass is 10.1. The molecule has 4 rings (SSSR count). The molecule has 1 unspecified atom stereocenters. The van der Waals surface area contributed by atoms with E-state index in [0.29, 0.717) is 24.2 Å². The molecular formula is C18H19N5O2. The zero-order chi connectivity index (χ0) is 17.2. The molecule has 0 aliphatic carbocycles. The molecule has 128 valence electrons. The van der Waals surface area contributed by atoms with Crippen LogP contribution in [0, 0.1) is 0 Å². The number of nitrogens with one attached hydrogen (secondary N) is 1. The first-order chi connectivity index (χ1) is 12.2. The second kappa shape index (κ2) is 6.60. The zero-order valence-corrected chi connectivity index (χ0v) is 14.0. The number of hydrogen-bond acceptors (Lipinski definition) is 6. The Labute approximate surface area is 145 Å². The summed E-state index contributed by atoms with van der Waals surface area (Å²) in [6.07, 6.45) is 8.71. The topological polar surface area (TPSA) is 84.2 Å². The zero-order valence-electron chi connectivity index (χ0n) is 14.0. The molecule has 3 aromatic heterocycles. The standard InChI is InChI=1S/C18H19N5O2/c1-12-3-2-4-23(12)10-18(24)22-17-6-13-5-14(16-9-19-11-25-16)7-20-15(13)8-21-17/h5-9,11-12H,2-4,10H2,1H3,(H,21,22,24). The lowest BCUT2D eigenvalue weighted by Gasteiger charge is -2.19. The van der Waals surface area contributed by atoms with E-state index in [1.54, 1.807) is 18.6 Å². The number of aromatic nitrogens is 3. The predicted octanol–water partition coefficient (Wildman–Crippen LogP) is 2.71. The van der Waals surface area contributed by atoms with Gasteiger partial charge in [-0.1, -0.05) is 0 Å². The Balaban J connectivity index is 1.52. The average molecular weight is 337 g/mol. The maximum Gasteiger partial charge on any atom is 0.239 e. The summed E-state index contributed by atoms with van der Waals surface area (Å²) in [7, 11) is 0. The van der Waals surface area contributed by atoms with Crippen LogP contribution in [0.2, 0.25) is 0 Å². The maximum atomic E-state index is 12.3. The summed E-state index contributed by atoms with van der Waals surface area (Å²) in [5, 5.41) is 3.76. The third-order valence-electron chi connectivity index (χ3n) is 4.59. The van der Waals surface area contributed by atoms with Crippen LogP contribution >= 0.6 is 0 Å². The minimum Gasteiger partial charge on any atom is -0.443 e. The Bertz CT molecular complexity index is 894. The molecule has 0 saturated carbocycles. The van der Waals surface area contributed by atoms with E-state index in [4.69, 9.17) is 4.42 Å². The Kier molecular flexibility index (Phi) is 4.15. The van der Waals surface area contributed by atoms with Crippen LogP contribution in [0.3, 0.4) is 0 Å². The Morgan fingerprint density at radius 3 is 3.00 bits per heavy atom. The third kappa shape index (κ3) is 3.36. The van der Waals surface area contributed by atoms with Gasteiger partial charge in [-0.15, -0.1) is 0 Å². The van der Waals surface area contributed by atoms with E-state index in [0.717, 1.165) is 35.9 Å². The minimum absolute atomic E-state index is 0.0417. The summed E-state index contributed by atoms with van der Waals surface area (Å²) in [6, 6.07) is 4.24. The first-order valence-electron chi connectivity index (χ1n) is 8.37. The molecule has 7 nitrogen and oxygen atoms in total. The first kappa shape index (κ1) is 15.7. The molecule has 0 spiro atoms. The molecule has 1 aliphatic rings. The fraction of sp³-hybridized carbons (Fsp3) is 0.333. The number of fused-ring (bicyclic) bond motifs is 1. The molecule has 4 heterocycles. The highest BCUT2D eigenvalue weighted by Crippen LogP contribution is 2.23. The van der Waals surface area contributed by atoms with Crippen molar-refractivity contribution >= 4 is 22.6 Å². The highest BCUT2D eigenvalue weighted by molar-refractivity contribution is 5.93. The fourth-order valence-electron chi connectivity index (χ4n) is 3.19. The van der Waals surface area contributed by atoms with Gasteiger partial charge in [-0.3, -0.25) is 14.7 Å². The van der Waals surface area contributed by atoms with Gasteiger partial charge in [0.15, 0.2) is 12.2 Å². The van der Waals surface area contributed by atoms with Crippen molar-refractivity contribution in [2.45, 2.75) is 25.8 Å². The van der Waals surface area contributed by atoms with Crippen molar-refractivity contribution in [1.29, 1.82) is 0 Å². The van der Waals surface area contributed by atoms with Crippen molar-refractivity contribution in [3.05, 3.63) is 37.1 Å². The van der Waals surface area contributed by atoms with Gasteiger partial charge < -0.3 is 9.73 Å². The molecular weight excluding hydrogens is 318 g/mol. The third-order valence-corrected chi connectivity index (χ3v) is 4.59. The number of carbonyl (C=O) groups excluding carboxylic acids is 1. The van der Waals surface area contributed by atoms with E-state index in [2.05, 4.69) is 32.1 Å². The number of carbonyl (C=O) groups is 1. The molecule has 1 fully saturated rings. The molecule has 7 heteroatoms. The number of rotatable bonds is 4. The summed E-state index contributed by atoms with van der Waals surface area (Å²) in [5.74, 6) is 1.14. The van der Waals surface area contributed by atoms with Crippen molar-refractivity contribution in [1.82, 2.24) is 19.9 Å². The lowest BCUT2D eigenvalue weighted by molar-refractivity contribution is -0.117. The summed E-state index contributed by atoms with van der Waals surface area (Å²) in [4.78, 5) is 27.1. The van der Waals surface area contributed by atoms with E-state index in [1.807, 2.05) is 12.1 Å². The summed E-state index contributed by atoms with van der Waals surface area (Å²) in [5.41, 5.74) is 1.59. The van der Waals surface area contributed by atoms with Crippen LogP contribution < -0.4 is 5.32 Å². The number of anilines is 1. The summed E-state index contributed by atoms with van der Waals surface area (Å²) in [6.45, 7) is 3.53. The van der Waals surface area contributed by atoms with Crippen molar-refractivity contribution in [2.75, 3.05) is 18.4 Å². The Morgan fingerprint density at radius 1 is 1.32 bits per heavy atom. The van der Waals surface area contributed by atoms with Crippen molar-refractivity contribution < 1.29 is 9.21 Å². The van der Waals surface area contributed by atoms with Gasteiger partial charge >= 0.3 is 0 Å². The SMILES string of the molecule is CC1CCCN1CC(=O)Nc1cc2cc(-c3cnco3)cnc2cn1. The first-order valence-corrected chi connectivity index (χ1v) is 8.37. The molecule has 1 atom stereocenters. The van der Waals surface area contributed by atoms with Crippen molar-refractivity contribution in [3.8, 4) is 11.3 Å². The molecule has 3 aromatic rings. The largest absolute Gasteiger partial charge is 0.443 e. The monoisotopic (exact) mass is 337 g/mol. The van der Waals surface area contributed by atoms with E-state index < -0.39 is 0 Å². The van der Waals surface area contributed by atoms with Crippen LogP contribution in [0.4, 0.5) is 5.82 Å². The number of nitrogens with zero attached hydrogens (tertiary/aromatic N) is 4. The molecule has 0 bridgehead atoms. The van der Waals surface area contributed by atoms with Gasteiger partial charge in [0.2, 0.25) is 5.91 Å². The number of likely N-dealkylation sites (tertiary alicyclic amines) is 1. The van der Waals surface area contributed by atoms with Crippen LogP contribution in [-0.4, -0.2) is 44.9 Å². The molecule has 1 saturated heterocycles. The van der Waals surface area contributed by atoms with E-state index in [1.165, 1.54) is 6.39 Å². The average Bonchev–Trinajstić information content (AvgIpc) is 3.27. The number of amides is 1. The summed E-state index contributed by atoms with van der Waals surface area (Å²) < 4.78 is 5.31. The smallest absolute Gasteiger partial charge is 0.239 e. The van der Waals surface area contributed by atoms with Gasteiger partial charge in [-0.05, 0) is 38.4 Å². The van der Waals surface area contributed by atoms with Crippen LogP contribution in [-0.2, 0) is 4.79 Å².